The second-order valence-corrected chi connectivity index (χ2v) is 6.41. The quantitative estimate of drug-likeness (QED) is 0.699. The van der Waals surface area contributed by atoms with Crippen molar-refractivity contribution in [2.45, 2.75) is 31.4 Å². The maximum atomic E-state index is 11.9. The highest BCUT2D eigenvalue weighted by atomic mass is 32.2. The second kappa shape index (κ2) is 6.20. The fraction of sp³-hybridized carbons (Fsp3) is 0.900. The molecule has 1 unspecified atom stereocenters. The molecule has 0 aliphatic carbocycles. The summed E-state index contributed by atoms with van der Waals surface area (Å²) in [4.78, 5) is 11.3. The molecule has 16 heavy (non-hydrogen) atoms. The first-order valence-corrected chi connectivity index (χ1v) is 7.47. The van der Waals surface area contributed by atoms with Crippen LogP contribution in [0.25, 0.3) is 0 Å². The molecule has 0 saturated carbocycles. The van der Waals surface area contributed by atoms with Crippen molar-refractivity contribution in [2.75, 3.05) is 25.4 Å². The zero-order valence-corrected chi connectivity index (χ0v) is 10.5. The number of piperidine rings is 1. The van der Waals surface area contributed by atoms with Gasteiger partial charge in [0.05, 0.1) is 5.25 Å². The van der Waals surface area contributed by atoms with Crippen molar-refractivity contribution in [3.8, 4) is 0 Å². The van der Waals surface area contributed by atoms with Crippen molar-refractivity contribution in [1.82, 2.24) is 10.6 Å². The van der Waals surface area contributed by atoms with Gasteiger partial charge in [-0.3, -0.25) is 4.79 Å². The predicted molar refractivity (Wildman–Crippen MR) is 63.0 cm³/mol. The van der Waals surface area contributed by atoms with Gasteiger partial charge in [0.15, 0.2) is 9.84 Å². The van der Waals surface area contributed by atoms with Crippen molar-refractivity contribution in [3.05, 3.63) is 0 Å². The minimum atomic E-state index is -3.29. The molecule has 5 nitrogen and oxygen atoms in total. The van der Waals surface area contributed by atoms with Gasteiger partial charge in [-0.25, -0.2) is 8.42 Å². The summed E-state index contributed by atoms with van der Waals surface area (Å²) >= 11 is 0. The van der Waals surface area contributed by atoms with E-state index in [4.69, 9.17) is 0 Å². The van der Waals surface area contributed by atoms with Crippen LogP contribution in [0.15, 0.2) is 0 Å². The number of amides is 1. The van der Waals surface area contributed by atoms with Gasteiger partial charge in [0, 0.05) is 13.1 Å². The van der Waals surface area contributed by atoms with Crippen molar-refractivity contribution in [3.63, 3.8) is 0 Å². The molecule has 6 heteroatoms. The monoisotopic (exact) mass is 248 g/mol. The van der Waals surface area contributed by atoms with Crippen molar-refractivity contribution in [2.24, 2.45) is 0 Å². The lowest BCUT2D eigenvalue weighted by molar-refractivity contribution is -0.118. The van der Waals surface area contributed by atoms with Crippen LogP contribution in [-0.4, -0.2) is 45.0 Å². The summed E-state index contributed by atoms with van der Waals surface area (Å²) in [7, 11) is -3.29. The third kappa shape index (κ3) is 4.09. The number of hydrogen-bond acceptors (Lipinski definition) is 4. The van der Waals surface area contributed by atoms with Crippen LogP contribution in [0, 0.1) is 0 Å². The average Bonchev–Trinajstić information content (AvgIpc) is 2.27. The smallest absolute Gasteiger partial charge is 0.235 e. The lowest BCUT2D eigenvalue weighted by atomic mass is 10.2. The van der Waals surface area contributed by atoms with Gasteiger partial charge in [-0.05, 0) is 25.8 Å². The van der Waals surface area contributed by atoms with E-state index in [1.165, 1.54) is 0 Å². The van der Waals surface area contributed by atoms with Crippen molar-refractivity contribution >= 4 is 15.7 Å². The van der Waals surface area contributed by atoms with Gasteiger partial charge < -0.3 is 10.6 Å². The molecule has 0 radical (unpaired) electrons. The molecule has 1 aliphatic rings. The van der Waals surface area contributed by atoms with Crippen LogP contribution in [-0.2, 0) is 14.6 Å². The van der Waals surface area contributed by atoms with Crippen LogP contribution in [0.4, 0.5) is 0 Å². The molecule has 1 heterocycles. The fourth-order valence-electron chi connectivity index (χ4n) is 1.74. The lowest BCUT2D eigenvalue weighted by Gasteiger charge is -2.22. The summed E-state index contributed by atoms with van der Waals surface area (Å²) in [5.41, 5.74) is 0. The molecule has 94 valence electrons. The Kier molecular flexibility index (Phi) is 5.21. The van der Waals surface area contributed by atoms with E-state index in [2.05, 4.69) is 10.6 Å². The number of rotatable bonds is 5. The highest BCUT2D eigenvalue weighted by molar-refractivity contribution is 7.92. The van der Waals surface area contributed by atoms with Crippen molar-refractivity contribution in [1.29, 1.82) is 0 Å². The highest BCUT2D eigenvalue weighted by Gasteiger charge is 2.29. The minimum Gasteiger partial charge on any atom is -0.355 e. The van der Waals surface area contributed by atoms with Crippen LogP contribution in [0.2, 0.25) is 0 Å². The van der Waals surface area contributed by atoms with Gasteiger partial charge >= 0.3 is 0 Å². The van der Waals surface area contributed by atoms with Gasteiger partial charge in [0.1, 0.15) is 5.75 Å². The number of sulfone groups is 1. The van der Waals surface area contributed by atoms with Crippen LogP contribution >= 0.6 is 0 Å². The first kappa shape index (κ1) is 13.4. The van der Waals surface area contributed by atoms with Crippen molar-refractivity contribution < 1.29 is 13.2 Å². The molecule has 1 atom stereocenters. The largest absolute Gasteiger partial charge is 0.355 e. The Balaban J connectivity index is 2.46. The molecule has 0 aromatic rings. The third-order valence-electron chi connectivity index (χ3n) is 2.66. The van der Waals surface area contributed by atoms with Gasteiger partial charge in [-0.15, -0.1) is 0 Å². The molecular weight excluding hydrogens is 228 g/mol. The number of hydrogen-bond donors (Lipinski definition) is 2. The van der Waals surface area contributed by atoms with E-state index in [0.717, 1.165) is 19.4 Å². The molecular formula is C10H20N2O3S. The van der Waals surface area contributed by atoms with E-state index in [-0.39, 0.29) is 11.7 Å². The second-order valence-electron chi connectivity index (χ2n) is 4.13. The molecule has 2 N–H and O–H groups in total. The van der Waals surface area contributed by atoms with Gasteiger partial charge in [-0.1, -0.05) is 6.92 Å². The van der Waals surface area contributed by atoms with Gasteiger partial charge in [0.25, 0.3) is 0 Å². The Hall–Kier alpha value is -0.620. The molecule has 0 aromatic heterocycles. The Morgan fingerprint density at radius 2 is 2.25 bits per heavy atom. The molecule has 1 amide bonds. The fourth-order valence-corrected chi connectivity index (χ4v) is 3.34. The molecule has 1 aliphatic heterocycles. The van der Waals surface area contributed by atoms with E-state index >= 15 is 0 Å². The number of carbonyl (C=O) groups is 1. The van der Waals surface area contributed by atoms with E-state index in [9.17, 15) is 13.2 Å². The SMILES string of the molecule is CCCNC(=O)CS(=O)(=O)C1CCCNC1. The Morgan fingerprint density at radius 1 is 1.50 bits per heavy atom. The average molecular weight is 248 g/mol. The number of nitrogens with one attached hydrogen (secondary N) is 2. The Bertz CT molecular complexity index is 321. The molecule has 0 bridgehead atoms. The summed E-state index contributed by atoms with van der Waals surface area (Å²) in [6, 6.07) is 0. The van der Waals surface area contributed by atoms with Crippen LogP contribution < -0.4 is 10.6 Å². The number of carbonyl (C=O) groups excluding carboxylic acids is 1. The highest BCUT2D eigenvalue weighted by Crippen LogP contribution is 2.12. The van der Waals surface area contributed by atoms with E-state index in [1.54, 1.807) is 0 Å². The maximum Gasteiger partial charge on any atom is 0.235 e. The minimum absolute atomic E-state index is 0.376. The third-order valence-corrected chi connectivity index (χ3v) is 4.75. The van der Waals surface area contributed by atoms with E-state index in [0.29, 0.717) is 19.5 Å². The summed E-state index contributed by atoms with van der Waals surface area (Å²) in [5.74, 6) is -0.758. The zero-order chi connectivity index (χ0) is 12.0. The summed E-state index contributed by atoms with van der Waals surface area (Å²) in [5, 5.41) is 5.24. The first-order valence-electron chi connectivity index (χ1n) is 5.75. The van der Waals surface area contributed by atoms with Crippen LogP contribution in [0.1, 0.15) is 26.2 Å². The van der Waals surface area contributed by atoms with Crippen LogP contribution in [0.5, 0.6) is 0 Å². The van der Waals surface area contributed by atoms with Gasteiger partial charge in [-0.2, -0.15) is 0 Å². The lowest BCUT2D eigenvalue weighted by Crippen LogP contribution is -2.42. The molecule has 0 aromatic carbocycles. The molecule has 0 spiro atoms. The normalized spacial score (nSPS) is 21.7. The van der Waals surface area contributed by atoms with E-state index in [1.807, 2.05) is 6.92 Å². The standard InChI is InChI=1S/C10H20N2O3S/c1-2-5-12-10(13)8-16(14,15)9-4-3-6-11-7-9/h9,11H,2-8H2,1H3,(H,12,13). The summed E-state index contributed by atoms with van der Waals surface area (Å²) < 4.78 is 23.7. The topological polar surface area (TPSA) is 75.3 Å². The molecule has 1 rings (SSSR count). The first-order chi connectivity index (χ1) is 7.56. The van der Waals surface area contributed by atoms with Gasteiger partial charge in [0.2, 0.25) is 5.91 Å². The molecule has 1 fully saturated rings. The van der Waals surface area contributed by atoms with Crippen LogP contribution in [0.3, 0.4) is 0 Å². The van der Waals surface area contributed by atoms with E-state index < -0.39 is 15.1 Å². The Labute approximate surface area is 96.9 Å². The predicted octanol–water partition coefficient (Wildman–Crippen LogP) is -0.321. The Morgan fingerprint density at radius 3 is 2.81 bits per heavy atom. The zero-order valence-electron chi connectivity index (χ0n) is 9.66. The molecule has 1 saturated heterocycles. The summed E-state index contributed by atoms with van der Waals surface area (Å²) in [6.07, 6.45) is 2.34. The summed E-state index contributed by atoms with van der Waals surface area (Å²) in [6.45, 7) is 3.81. The maximum absolute atomic E-state index is 11.9.